The number of anilines is 1. The Morgan fingerprint density at radius 1 is 1.14 bits per heavy atom. The third kappa shape index (κ3) is 8.61. The van der Waals surface area contributed by atoms with Crippen LogP contribution >= 0.6 is 22.6 Å². The summed E-state index contributed by atoms with van der Waals surface area (Å²) in [5.41, 5.74) is 1.85. The number of hydrogen-bond donors (Lipinski definition) is 2. The van der Waals surface area contributed by atoms with Crippen LogP contribution in [0.5, 0.6) is 0 Å². The normalized spacial score (nSPS) is 12.4. The van der Waals surface area contributed by atoms with E-state index < -0.39 is 27.8 Å². The van der Waals surface area contributed by atoms with Crippen molar-refractivity contribution < 1.29 is 22.7 Å². The molecule has 12 heteroatoms. The predicted octanol–water partition coefficient (Wildman–Crippen LogP) is 3.57. The first-order valence-corrected chi connectivity index (χ1v) is 14.3. The van der Waals surface area contributed by atoms with Gasteiger partial charge in [0.15, 0.2) is 0 Å². The number of rotatable bonds is 12. The Bertz CT molecular complexity index is 1330. The lowest BCUT2D eigenvalue weighted by Gasteiger charge is -2.17. The molecule has 3 rings (SSSR count). The number of nitrogens with zero attached hydrogens (tertiary/aromatic N) is 3. The average molecular weight is 640 g/mol. The molecule has 1 amide bonds. The maximum atomic E-state index is 12.8. The number of nitrogens with one attached hydrogen (secondary N) is 2. The first kappa shape index (κ1) is 28.7. The zero-order chi connectivity index (χ0) is 27.0. The van der Waals surface area contributed by atoms with Crippen LogP contribution in [0.1, 0.15) is 38.4 Å². The van der Waals surface area contributed by atoms with Crippen LogP contribution in [0.15, 0.2) is 59.6 Å². The number of carbonyl (C=O) groups is 2. The van der Waals surface area contributed by atoms with E-state index in [1.165, 1.54) is 0 Å². The predicted molar refractivity (Wildman–Crippen MR) is 147 cm³/mol. The third-order valence-corrected chi connectivity index (χ3v) is 7.42. The zero-order valence-corrected chi connectivity index (χ0v) is 23.8. The van der Waals surface area contributed by atoms with E-state index in [0.717, 1.165) is 9.13 Å². The molecule has 3 aromatic rings. The second-order valence-corrected chi connectivity index (χ2v) is 11.8. The van der Waals surface area contributed by atoms with E-state index in [1.807, 2.05) is 19.9 Å². The molecule has 1 aromatic heterocycles. The number of ether oxygens (including phenoxy) is 1. The highest BCUT2D eigenvalue weighted by molar-refractivity contribution is 14.1. The van der Waals surface area contributed by atoms with Crippen LogP contribution in [-0.2, 0) is 37.4 Å². The fourth-order valence-corrected chi connectivity index (χ4v) is 4.91. The Morgan fingerprint density at radius 2 is 1.86 bits per heavy atom. The monoisotopic (exact) mass is 639 g/mol. The Kier molecular flexibility index (Phi) is 10.2. The van der Waals surface area contributed by atoms with Gasteiger partial charge in [0.05, 0.1) is 36.5 Å². The van der Waals surface area contributed by atoms with Crippen LogP contribution in [0.3, 0.4) is 0 Å². The molecule has 0 spiro atoms. The Balaban J connectivity index is 1.62. The van der Waals surface area contributed by atoms with Gasteiger partial charge in [-0.05, 0) is 83.8 Å². The summed E-state index contributed by atoms with van der Waals surface area (Å²) in [5.74, 6) is -1.68. The Hall–Kier alpha value is -2.84. The van der Waals surface area contributed by atoms with Gasteiger partial charge in [-0.2, -0.15) is 0 Å². The molecule has 0 aliphatic carbocycles. The standard InChI is InChI=1S/C25H30IN5O5S/c1-4-36-25(33)23(12-17(2)3)24(32)28-20-7-5-6-18(13-20)15-31-16-21(29-30-31)14-27-37(34,35)22-10-8-19(26)9-11-22/h5-11,13,16-17,23,27H,4,12,14-15H2,1-3H3,(H,28,32). The molecule has 0 saturated carbocycles. The molecule has 0 aliphatic rings. The number of aromatic nitrogens is 3. The van der Waals surface area contributed by atoms with E-state index in [1.54, 1.807) is 60.3 Å². The minimum atomic E-state index is -3.67. The minimum absolute atomic E-state index is 0.00445. The molecule has 0 fully saturated rings. The van der Waals surface area contributed by atoms with E-state index >= 15 is 0 Å². The highest BCUT2D eigenvalue weighted by Crippen LogP contribution is 2.18. The van der Waals surface area contributed by atoms with E-state index in [-0.39, 0.29) is 24.0 Å². The molecule has 0 saturated heterocycles. The molecule has 37 heavy (non-hydrogen) atoms. The molecule has 0 bridgehead atoms. The summed E-state index contributed by atoms with van der Waals surface area (Å²) < 4.78 is 35.1. The van der Waals surface area contributed by atoms with Crippen molar-refractivity contribution in [1.82, 2.24) is 19.7 Å². The Morgan fingerprint density at radius 3 is 2.54 bits per heavy atom. The van der Waals surface area contributed by atoms with Crippen LogP contribution in [0.2, 0.25) is 0 Å². The molecule has 198 valence electrons. The lowest BCUT2D eigenvalue weighted by molar-refractivity contribution is -0.151. The van der Waals surface area contributed by atoms with Gasteiger partial charge in [0.1, 0.15) is 5.92 Å². The largest absolute Gasteiger partial charge is 0.465 e. The quantitative estimate of drug-likeness (QED) is 0.176. The molecular formula is C25H30IN5O5S. The van der Waals surface area contributed by atoms with Crippen molar-refractivity contribution in [2.45, 2.75) is 45.2 Å². The summed E-state index contributed by atoms with van der Waals surface area (Å²) in [5, 5.41) is 10.9. The molecule has 1 atom stereocenters. The summed E-state index contributed by atoms with van der Waals surface area (Å²) in [6.45, 7) is 6.16. The fraction of sp³-hybridized carbons (Fsp3) is 0.360. The highest BCUT2D eigenvalue weighted by atomic mass is 127. The highest BCUT2D eigenvalue weighted by Gasteiger charge is 2.29. The summed E-state index contributed by atoms with van der Waals surface area (Å²) in [6.07, 6.45) is 2.04. The van der Waals surface area contributed by atoms with Crippen LogP contribution in [-0.4, -0.2) is 41.9 Å². The van der Waals surface area contributed by atoms with Gasteiger partial charge in [-0.1, -0.05) is 31.2 Å². The van der Waals surface area contributed by atoms with Crippen LogP contribution in [0.25, 0.3) is 0 Å². The van der Waals surface area contributed by atoms with E-state index in [4.69, 9.17) is 4.74 Å². The second kappa shape index (κ2) is 13.1. The third-order valence-electron chi connectivity index (χ3n) is 5.29. The fourth-order valence-electron chi connectivity index (χ4n) is 3.55. The van der Waals surface area contributed by atoms with Gasteiger partial charge in [-0.15, -0.1) is 5.10 Å². The van der Waals surface area contributed by atoms with Crippen molar-refractivity contribution in [2.75, 3.05) is 11.9 Å². The molecule has 0 radical (unpaired) electrons. The molecule has 1 heterocycles. The summed E-state index contributed by atoms with van der Waals surface area (Å²) >= 11 is 2.11. The summed E-state index contributed by atoms with van der Waals surface area (Å²) in [4.78, 5) is 25.3. The first-order chi connectivity index (χ1) is 17.6. The lowest BCUT2D eigenvalue weighted by Crippen LogP contribution is -2.32. The van der Waals surface area contributed by atoms with E-state index in [0.29, 0.717) is 24.3 Å². The summed E-state index contributed by atoms with van der Waals surface area (Å²) in [6, 6.07) is 13.7. The molecule has 2 aromatic carbocycles. The number of sulfonamides is 1. The average Bonchev–Trinajstić information content (AvgIpc) is 3.29. The van der Waals surface area contributed by atoms with Gasteiger partial charge < -0.3 is 10.1 Å². The van der Waals surface area contributed by atoms with Gasteiger partial charge in [-0.25, -0.2) is 17.8 Å². The molecule has 0 aliphatic heterocycles. The van der Waals surface area contributed by atoms with Crippen molar-refractivity contribution in [1.29, 1.82) is 0 Å². The maximum absolute atomic E-state index is 12.8. The van der Waals surface area contributed by atoms with E-state index in [9.17, 15) is 18.0 Å². The smallest absolute Gasteiger partial charge is 0.318 e. The number of benzene rings is 2. The molecule has 1 unspecified atom stereocenters. The topological polar surface area (TPSA) is 132 Å². The molecular weight excluding hydrogens is 609 g/mol. The van der Waals surface area contributed by atoms with Crippen LogP contribution in [0, 0.1) is 15.4 Å². The molecule has 2 N–H and O–H groups in total. The second-order valence-electron chi connectivity index (χ2n) is 8.81. The van der Waals surface area contributed by atoms with Crippen LogP contribution < -0.4 is 10.0 Å². The molecule has 10 nitrogen and oxygen atoms in total. The van der Waals surface area contributed by atoms with Crippen molar-refractivity contribution >= 4 is 50.2 Å². The van der Waals surface area contributed by atoms with Gasteiger partial charge in [0.2, 0.25) is 15.9 Å². The lowest BCUT2D eigenvalue weighted by atomic mass is 9.96. The van der Waals surface area contributed by atoms with Crippen LogP contribution in [0.4, 0.5) is 5.69 Å². The number of amides is 1. The van der Waals surface area contributed by atoms with Crippen molar-refractivity contribution in [3.63, 3.8) is 0 Å². The van der Waals surface area contributed by atoms with Gasteiger partial charge >= 0.3 is 5.97 Å². The number of hydrogen-bond acceptors (Lipinski definition) is 7. The van der Waals surface area contributed by atoms with E-state index in [2.05, 4.69) is 42.9 Å². The van der Waals surface area contributed by atoms with Crippen molar-refractivity contribution in [3.8, 4) is 0 Å². The van der Waals surface area contributed by atoms with Gasteiger partial charge in [-0.3, -0.25) is 9.59 Å². The number of carbonyl (C=O) groups excluding carboxylic acids is 2. The summed E-state index contributed by atoms with van der Waals surface area (Å²) in [7, 11) is -3.67. The van der Waals surface area contributed by atoms with Gasteiger partial charge in [0.25, 0.3) is 0 Å². The van der Waals surface area contributed by atoms with Crippen molar-refractivity contribution in [3.05, 3.63) is 69.6 Å². The zero-order valence-electron chi connectivity index (χ0n) is 20.8. The Labute approximate surface area is 230 Å². The SMILES string of the molecule is CCOC(=O)C(CC(C)C)C(=O)Nc1cccc(Cn2cc(CNS(=O)(=O)c3ccc(I)cc3)nn2)c1. The maximum Gasteiger partial charge on any atom is 0.318 e. The number of esters is 1. The minimum Gasteiger partial charge on any atom is -0.465 e. The first-order valence-electron chi connectivity index (χ1n) is 11.8. The van der Waals surface area contributed by atoms with Gasteiger partial charge in [0, 0.05) is 9.26 Å². The van der Waals surface area contributed by atoms with Crippen molar-refractivity contribution in [2.24, 2.45) is 11.8 Å². The number of halogens is 1.